The SMILES string of the molecule is COc1cccc(CN2CC[C@@H]3[C@H](C2)[C@@H](c2cccc(OC)c2)CN3C(=O)C(C)(C)C)c1. The lowest BCUT2D eigenvalue weighted by Crippen LogP contribution is -2.49. The first-order chi connectivity index (χ1) is 15.3. The average molecular weight is 437 g/mol. The fraction of sp³-hybridized carbons (Fsp3) is 0.519. The Bertz CT molecular complexity index is 952. The van der Waals surface area contributed by atoms with Gasteiger partial charge in [-0.1, -0.05) is 45.0 Å². The number of carbonyl (C=O) groups is 1. The summed E-state index contributed by atoms with van der Waals surface area (Å²) in [5.41, 5.74) is 2.17. The number of carbonyl (C=O) groups excluding carboxylic acids is 1. The van der Waals surface area contributed by atoms with Crippen LogP contribution in [0.3, 0.4) is 0 Å². The third kappa shape index (κ3) is 4.63. The lowest BCUT2D eigenvalue weighted by atomic mass is 9.81. The molecule has 2 aliphatic heterocycles. The maximum absolute atomic E-state index is 13.3. The van der Waals surface area contributed by atoms with Crippen LogP contribution in [0.1, 0.15) is 44.2 Å². The molecule has 2 fully saturated rings. The molecule has 4 rings (SSSR count). The van der Waals surface area contributed by atoms with E-state index in [1.54, 1.807) is 14.2 Å². The predicted molar refractivity (Wildman–Crippen MR) is 127 cm³/mol. The lowest BCUT2D eigenvalue weighted by Gasteiger charge is -2.40. The van der Waals surface area contributed by atoms with Gasteiger partial charge in [-0.05, 0) is 41.8 Å². The molecule has 0 saturated carbocycles. The Balaban J connectivity index is 1.59. The lowest BCUT2D eigenvalue weighted by molar-refractivity contribution is -0.141. The van der Waals surface area contributed by atoms with Gasteiger partial charge in [0.1, 0.15) is 11.5 Å². The van der Waals surface area contributed by atoms with Crippen molar-refractivity contribution in [2.75, 3.05) is 33.9 Å². The van der Waals surface area contributed by atoms with Gasteiger partial charge in [-0.25, -0.2) is 0 Å². The summed E-state index contributed by atoms with van der Waals surface area (Å²) in [6.07, 6.45) is 1.01. The van der Waals surface area contributed by atoms with Crippen molar-refractivity contribution < 1.29 is 14.3 Å². The zero-order valence-corrected chi connectivity index (χ0v) is 20.0. The van der Waals surface area contributed by atoms with Crippen molar-refractivity contribution in [1.29, 1.82) is 0 Å². The number of methoxy groups -OCH3 is 2. The summed E-state index contributed by atoms with van der Waals surface area (Å²) in [4.78, 5) is 18.1. The molecule has 2 aromatic carbocycles. The zero-order chi connectivity index (χ0) is 22.9. The molecule has 0 aromatic heterocycles. The van der Waals surface area contributed by atoms with E-state index in [1.807, 2.05) is 32.9 Å². The molecule has 0 unspecified atom stereocenters. The topological polar surface area (TPSA) is 42.0 Å². The quantitative estimate of drug-likeness (QED) is 0.689. The molecule has 32 heavy (non-hydrogen) atoms. The van der Waals surface area contributed by atoms with E-state index in [0.29, 0.717) is 17.9 Å². The molecule has 0 spiro atoms. The molecular formula is C27H36N2O3. The van der Waals surface area contributed by atoms with E-state index in [0.717, 1.165) is 44.1 Å². The van der Waals surface area contributed by atoms with Gasteiger partial charge < -0.3 is 14.4 Å². The number of piperidine rings is 1. The van der Waals surface area contributed by atoms with Crippen LogP contribution in [0.4, 0.5) is 0 Å². The fourth-order valence-electron chi connectivity index (χ4n) is 5.37. The van der Waals surface area contributed by atoms with Gasteiger partial charge in [0.2, 0.25) is 5.91 Å². The molecule has 5 nitrogen and oxygen atoms in total. The minimum atomic E-state index is -0.369. The second-order valence-corrected chi connectivity index (χ2v) is 10.2. The number of hydrogen-bond acceptors (Lipinski definition) is 4. The largest absolute Gasteiger partial charge is 0.497 e. The van der Waals surface area contributed by atoms with Crippen molar-refractivity contribution >= 4 is 5.91 Å². The number of benzene rings is 2. The van der Waals surface area contributed by atoms with E-state index in [9.17, 15) is 4.79 Å². The van der Waals surface area contributed by atoms with Crippen molar-refractivity contribution in [3.63, 3.8) is 0 Å². The molecular weight excluding hydrogens is 400 g/mol. The van der Waals surface area contributed by atoms with Crippen LogP contribution in [-0.2, 0) is 11.3 Å². The maximum Gasteiger partial charge on any atom is 0.228 e. The Morgan fingerprint density at radius 2 is 1.69 bits per heavy atom. The minimum absolute atomic E-state index is 0.263. The van der Waals surface area contributed by atoms with Crippen LogP contribution in [0.2, 0.25) is 0 Å². The van der Waals surface area contributed by atoms with Gasteiger partial charge in [-0.3, -0.25) is 9.69 Å². The highest BCUT2D eigenvalue weighted by atomic mass is 16.5. The van der Waals surface area contributed by atoms with Gasteiger partial charge in [0.25, 0.3) is 0 Å². The standard InChI is InChI=1S/C27H36N2O3/c1-27(2,3)26(30)29-18-23(20-9-7-11-22(15-20)32-5)24-17-28(13-12-25(24)29)16-19-8-6-10-21(14-19)31-4/h6-11,14-15,23-25H,12-13,16-18H2,1-5H3/t23-,24-,25-/m1/s1. The molecule has 172 valence electrons. The van der Waals surface area contributed by atoms with Crippen LogP contribution < -0.4 is 9.47 Å². The number of ether oxygens (including phenoxy) is 2. The van der Waals surface area contributed by atoms with Crippen molar-refractivity contribution in [3.05, 3.63) is 59.7 Å². The molecule has 2 heterocycles. The summed E-state index contributed by atoms with van der Waals surface area (Å²) in [5, 5.41) is 0. The molecule has 0 N–H and O–H groups in total. The van der Waals surface area contributed by atoms with Gasteiger partial charge in [0.05, 0.1) is 14.2 Å². The van der Waals surface area contributed by atoms with E-state index in [-0.39, 0.29) is 11.3 Å². The van der Waals surface area contributed by atoms with Crippen molar-refractivity contribution in [2.45, 2.75) is 45.7 Å². The van der Waals surface area contributed by atoms with Gasteiger partial charge >= 0.3 is 0 Å². The highest BCUT2D eigenvalue weighted by molar-refractivity contribution is 5.82. The molecule has 2 saturated heterocycles. The first-order valence-corrected chi connectivity index (χ1v) is 11.6. The average Bonchev–Trinajstić information content (AvgIpc) is 3.16. The summed E-state index contributed by atoms with van der Waals surface area (Å²) in [6, 6.07) is 17.0. The van der Waals surface area contributed by atoms with Gasteiger partial charge in [-0.2, -0.15) is 0 Å². The van der Waals surface area contributed by atoms with Crippen LogP contribution in [0, 0.1) is 11.3 Å². The van der Waals surface area contributed by atoms with Crippen LogP contribution in [-0.4, -0.2) is 55.6 Å². The molecule has 0 aliphatic carbocycles. The number of fused-ring (bicyclic) bond motifs is 1. The summed E-state index contributed by atoms with van der Waals surface area (Å²) in [6.45, 7) is 9.75. The number of amides is 1. The highest BCUT2D eigenvalue weighted by Crippen LogP contribution is 2.43. The van der Waals surface area contributed by atoms with E-state index in [4.69, 9.17) is 9.47 Å². The number of rotatable bonds is 5. The van der Waals surface area contributed by atoms with Gasteiger partial charge in [0.15, 0.2) is 0 Å². The monoisotopic (exact) mass is 436 g/mol. The van der Waals surface area contributed by atoms with Gasteiger partial charge in [-0.15, -0.1) is 0 Å². The Hall–Kier alpha value is -2.53. The van der Waals surface area contributed by atoms with E-state index in [2.05, 4.69) is 46.2 Å². The number of hydrogen-bond donors (Lipinski definition) is 0. The smallest absolute Gasteiger partial charge is 0.228 e. The normalized spacial score (nSPS) is 23.7. The predicted octanol–water partition coefficient (Wildman–Crippen LogP) is 4.57. The van der Waals surface area contributed by atoms with Crippen LogP contribution in [0.15, 0.2) is 48.5 Å². The first-order valence-electron chi connectivity index (χ1n) is 11.6. The minimum Gasteiger partial charge on any atom is -0.497 e. The summed E-state index contributed by atoms with van der Waals surface area (Å²) in [5.74, 6) is 2.76. The maximum atomic E-state index is 13.3. The molecule has 5 heteroatoms. The number of likely N-dealkylation sites (tertiary alicyclic amines) is 2. The summed E-state index contributed by atoms with van der Waals surface area (Å²) in [7, 11) is 3.42. The second kappa shape index (κ2) is 9.14. The van der Waals surface area contributed by atoms with E-state index in [1.165, 1.54) is 11.1 Å². The molecule has 0 bridgehead atoms. The number of nitrogens with zero attached hydrogens (tertiary/aromatic N) is 2. The van der Waals surface area contributed by atoms with Crippen LogP contribution in [0.5, 0.6) is 11.5 Å². The molecule has 2 aromatic rings. The van der Waals surface area contributed by atoms with Crippen molar-refractivity contribution in [1.82, 2.24) is 9.80 Å². The summed E-state index contributed by atoms with van der Waals surface area (Å²) < 4.78 is 10.9. The molecule has 1 amide bonds. The third-order valence-electron chi connectivity index (χ3n) is 6.98. The molecule has 0 radical (unpaired) electrons. The Kier molecular flexibility index (Phi) is 6.47. The molecule has 3 atom stereocenters. The summed E-state index contributed by atoms with van der Waals surface area (Å²) >= 11 is 0. The first kappa shape index (κ1) is 22.7. The van der Waals surface area contributed by atoms with Gasteiger partial charge in [0, 0.05) is 49.5 Å². The van der Waals surface area contributed by atoms with Crippen molar-refractivity contribution in [2.24, 2.45) is 11.3 Å². The molecule has 2 aliphatic rings. The second-order valence-electron chi connectivity index (χ2n) is 10.2. The Morgan fingerprint density at radius 1 is 1.00 bits per heavy atom. The van der Waals surface area contributed by atoms with Crippen molar-refractivity contribution in [3.8, 4) is 11.5 Å². The van der Waals surface area contributed by atoms with Crippen LogP contribution in [0.25, 0.3) is 0 Å². The van der Waals surface area contributed by atoms with E-state index < -0.39 is 0 Å². The Morgan fingerprint density at radius 3 is 2.38 bits per heavy atom. The Labute approximate surface area is 192 Å². The van der Waals surface area contributed by atoms with E-state index >= 15 is 0 Å². The third-order valence-corrected chi connectivity index (χ3v) is 6.98. The fourth-order valence-corrected chi connectivity index (χ4v) is 5.37. The zero-order valence-electron chi connectivity index (χ0n) is 20.0. The van der Waals surface area contributed by atoms with Crippen LogP contribution >= 0.6 is 0 Å². The highest BCUT2D eigenvalue weighted by Gasteiger charge is 2.48.